The number of nitriles is 1. The second-order valence-corrected chi connectivity index (χ2v) is 5.62. The molecule has 0 aliphatic rings. The van der Waals surface area contributed by atoms with Crippen molar-refractivity contribution in [3.63, 3.8) is 0 Å². The summed E-state index contributed by atoms with van der Waals surface area (Å²) >= 11 is 1.23. The summed E-state index contributed by atoms with van der Waals surface area (Å²) < 4.78 is 5.08. The number of carbonyl (C=O) groups is 2. The molecule has 0 aliphatic carbocycles. The van der Waals surface area contributed by atoms with Gasteiger partial charge in [-0.05, 0) is 12.5 Å². The number of ether oxygens (including phenoxy) is 1. The minimum absolute atomic E-state index is 0.238. The number of amides is 1. The highest BCUT2D eigenvalue weighted by Crippen LogP contribution is 2.30. The molecule has 1 aromatic carbocycles. The van der Waals surface area contributed by atoms with E-state index in [-0.39, 0.29) is 13.0 Å². The SMILES string of the molecule is CCOC(=O)c1c(/C=C/c2ccccc2)csc1NC(=O)CC#N. The van der Waals surface area contributed by atoms with Gasteiger partial charge in [-0.25, -0.2) is 4.79 Å². The Morgan fingerprint density at radius 1 is 1.29 bits per heavy atom. The van der Waals surface area contributed by atoms with Crippen LogP contribution in [0.4, 0.5) is 5.00 Å². The quantitative estimate of drug-likeness (QED) is 0.808. The van der Waals surface area contributed by atoms with Crippen molar-refractivity contribution in [2.45, 2.75) is 13.3 Å². The van der Waals surface area contributed by atoms with Gasteiger partial charge in [-0.15, -0.1) is 11.3 Å². The Morgan fingerprint density at radius 3 is 2.71 bits per heavy atom. The maximum atomic E-state index is 12.2. The molecule has 0 bridgehead atoms. The first-order valence-corrected chi connectivity index (χ1v) is 8.22. The van der Waals surface area contributed by atoms with Gasteiger partial charge in [-0.2, -0.15) is 5.26 Å². The van der Waals surface area contributed by atoms with E-state index in [9.17, 15) is 9.59 Å². The van der Waals surface area contributed by atoms with Crippen LogP contribution in [0.1, 0.15) is 34.8 Å². The van der Waals surface area contributed by atoms with E-state index < -0.39 is 11.9 Å². The maximum absolute atomic E-state index is 12.2. The second kappa shape index (κ2) is 8.65. The van der Waals surface area contributed by atoms with Crippen LogP contribution in [0.3, 0.4) is 0 Å². The van der Waals surface area contributed by atoms with E-state index in [4.69, 9.17) is 10.00 Å². The molecule has 0 radical (unpaired) electrons. The molecule has 0 saturated heterocycles. The fourth-order valence-electron chi connectivity index (χ4n) is 1.99. The number of thiophene rings is 1. The Bertz CT molecular complexity index is 788. The highest BCUT2D eigenvalue weighted by Gasteiger charge is 2.20. The minimum Gasteiger partial charge on any atom is -0.462 e. The van der Waals surface area contributed by atoms with Crippen LogP contribution in [-0.2, 0) is 9.53 Å². The highest BCUT2D eigenvalue weighted by molar-refractivity contribution is 7.15. The van der Waals surface area contributed by atoms with Gasteiger partial charge in [0.25, 0.3) is 0 Å². The molecule has 1 aromatic heterocycles. The van der Waals surface area contributed by atoms with Crippen LogP contribution in [-0.4, -0.2) is 18.5 Å². The lowest BCUT2D eigenvalue weighted by Gasteiger charge is -2.06. The summed E-state index contributed by atoms with van der Waals surface area (Å²) in [6.07, 6.45) is 3.42. The number of esters is 1. The van der Waals surface area contributed by atoms with Gasteiger partial charge in [-0.1, -0.05) is 42.5 Å². The first-order chi connectivity index (χ1) is 11.7. The molecule has 5 nitrogen and oxygen atoms in total. The van der Waals surface area contributed by atoms with Crippen molar-refractivity contribution in [1.29, 1.82) is 5.26 Å². The zero-order chi connectivity index (χ0) is 17.4. The Balaban J connectivity index is 2.32. The molecular formula is C18H16N2O3S. The van der Waals surface area contributed by atoms with Crippen molar-refractivity contribution in [2.75, 3.05) is 11.9 Å². The molecule has 0 saturated carbocycles. The smallest absolute Gasteiger partial charge is 0.341 e. The first kappa shape index (κ1) is 17.4. The number of nitrogens with one attached hydrogen (secondary N) is 1. The lowest BCUT2D eigenvalue weighted by molar-refractivity contribution is -0.115. The predicted molar refractivity (Wildman–Crippen MR) is 94.5 cm³/mol. The van der Waals surface area contributed by atoms with Crippen molar-refractivity contribution >= 4 is 40.4 Å². The lowest BCUT2D eigenvalue weighted by Crippen LogP contribution is -2.13. The molecule has 0 fully saturated rings. The minimum atomic E-state index is -0.501. The molecule has 122 valence electrons. The second-order valence-electron chi connectivity index (χ2n) is 4.74. The molecular weight excluding hydrogens is 324 g/mol. The lowest BCUT2D eigenvalue weighted by atomic mass is 10.1. The Labute approximate surface area is 144 Å². The number of hydrogen-bond acceptors (Lipinski definition) is 5. The van der Waals surface area contributed by atoms with Crippen LogP contribution in [0.25, 0.3) is 12.2 Å². The van der Waals surface area contributed by atoms with Crippen molar-refractivity contribution < 1.29 is 14.3 Å². The van der Waals surface area contributed by atoms with Gasteiger partial charge in [0.15, 0.2) is 0 Å². The van der Waals surface area contributed by atoms with Gasteiger partial charge in [0.05, 0.1) is 12.7 Å². The molecule has 1 amide bonds. The predicted octanol–water partition coefficient (Wildman–Crippen LogP) is 3.95. The third kappa shape index (κ3) is 4.54. The van der Waals surface area contributed by atoms with E-state index in [2.05, 4.69) is 5.32 Å². The van der Waals surface area contributed by atoms with Crippen LogP contribution in [0, 0.1) is 11.3 Å². The number of benzene rings is 1. The molecule has 0 unspecified atom stereocenters. The number of anilines is 1. The standard InChI is InChI=1S/C18H16N2O3S/c1-2-23-18(22)16-14(9-8-13-6-4-3-5-7-13)12-24-17(16)20-15(21)10-11-19/h3-9,12H,2,10H2,1H3,(H,20,21)/b9-8+. The van der Waals surface area contributed by atoms with Crippen LogP contribution in [0.2, 0.25) is 0 Å². The molecule has 0 atom stereocenters. The molecule has 0 aliphatic heterocycles. The summed E-state index contributed by atoms with van der Waals surface area (Å²) in [6, 6.07) is 11.4. The molecule has 6 heteroatoms. The fourth-order valence-corrected chi connectivity index (χ4v) is 2.93. The normalized spacial score (nSPS) is 10.3. The largest absolute Gasteiger partial charge is 0.462 e. The van der Waals surface area contributed by atoms with E-state index in [0.29, 0.717) is 16.1 Å². The topological polar surface area (TPSA) is 79.2 Å². The molecule has 1 N–H and O–H groups in total. The fraction of sp³-hybridized carbons (Fsp3) is 0.167. The summed E-state index contributed by atoms with van der Waals surface area (Å²) in [7, 11) is 0. The van der Waals surface area contributed by atoms with Gasteiger partial charge < -0.3 is 10.1 Å². The average molecular weight is 340 g/mol. The zero-order valence-corrected chi connectivity index (χ0v) is 13.9. The number of hydrogen-bond donors (Lipinski definition) is 1. The third-order valence-electron chi connectivity index (χ3n) is 3.05. The average Bonchev–Trinajstić information content (AvgIpc) is 2.97. The monoisotopic (exact) mass is 340 g/mol. The van der Waals surface area contributed by atoms with Crippen LogP contribution >= 0.6 is 11.3 Å². The molecule has 24 heavy (non-hydrogen) atoms. The van der Waals surface area contributed by atoms with Gasteiger partial charge in [-0.3, -0.25) is 4.79 Å². The summed E-state index contributed by atoms with van der Waals surface area (Å²) in [5.74, 6) is -0.956. The van der Waals surface area contributed by atoms with Crippen LogP contribution < -0.4 is 5.32 Å². The zero-order valence-electron chi connectivity index (χ0n) is 13.1. The van der Waals surface area contributed by atoms with Crippen molar-refractivity contribution in [1.82, 2.24) is 0 Å². The molecule has 0 spiro atoms. The third-order valence-corrected chi connectivity index (χ3v) is 3.96. The highest BCUT2D eigenvalue weighted by atomic mass is 32.1. The van der Waals surface area contributed by atoms with E-state index in [1.54, 1.807) is 24.4 Å². The summed E-state index contributed by atoms with van der Waals surface area (Å²) in [6.45, 7) is 1.96. The van der Waals surface area contributed by atoms with Crippen molar-refractivity contribution in [3.05, 3.63) is 52.4 Å². The van der Waals surface area contributed by atoms with Gasteiger partial charge >= 0.3 is 5.97 Å². The van der Waals surface area contributed by atoms with Crippen LogP contribution in [0.15, 0.2) is 35.7 Å². The molecule has 1 heterocycles. The number of rotatable bonds is 6. The number of nitrogens with zero attached hydrogens (tertiary/aromatic N) is 1. The number of carbonyl (C=O) groups excluding carboxylic acids is 2. The van der Waals surface area contributed by atoms with E-state index in [0.717, 1.165) is 5.56 Å². The Kier molecular flexibility index (Phi) is 6.29. The van der Waals surface area contributed by atoms with Crippen molar-refractivity contribution in [3.8, 4) is 6.07 Å². The summed E-state index contributed by atoms with van der Waals surface area (Å²) in [5.41, 5.74) is 1.96. The van der Waals surface area contributed by atoms with E-state index in [1.165, 1.54) is 11.3 Å². The Morgan fingerprint density at radius 2 is 2.04 bits per heavy atom. The van der Waals surface area contributed by atoms with Crippen molar-refractivity contribution in [2.24, 2.45) is 0 Å². The summed E-state index contributed by atoms with van der Waals surface area (Å²) in [4.78, 5) is 23.9. The molecule has 2 rings (SSSR count). The Hall–Kier alpha value is -2.91. The van der Waals surface area contributed by atoms with Crippen LogP contribution in [0.5, 0.6) is 0 Å². The van der Waals surface area contributed by atoms with E-state index in [1.807, 2.05) is 36.4 Å². The first-order valence-electron chi connectivity index (χ1n) is 7.34. The molecule has 2 aromatic rings. The summed E-state index contributed by atoms with van der Waals surface area (Å²) in [5, 5.41) is 13.3. The maximum Gasteiger partial charge on any atom is 0.341 e. The van der Waals surface area contributed by atoms with Gasteiger partial charge in [0.2, 0.25) is 5.91 Å². The van der Waals surface area contributed by atoms with Gasteiger partial charge in [0.1, 0.15) is 17.0 Å². The van der Waals surface area contributed by atoms with Gasteiger partial charge in [0, 0.05) is 10.9 Å². The van der Waals surface area contributed by atoms with E-state index >= 15 is 0 Å².